The summed E-state index contributed by atoms with van der Waals surface area (Å²) in [5.74, 6) is 0.0206. The molecule has 2 rings (SSSR count). The number of carbonyl (C=O) groups excluding carboxylic acids is 1. The van der Waals surface area contributed by atoms with Gasteiger partial charge in [0.1, 0.15) is 6.17 Å². The van der Waals surface area contributed by atoms with Crippen molar-refractivity contribution in [2.75, 3.05) is 6.54 Å². The van der Waals surface area contributed by atoms with Crippen molar-refractivity contribution < 1.29 is 18.0 Å². The zero-order valence-corrected chi connectivity index (χ0v) is 12.2. The van der Waals surface area contributed by atoms with Crippen LogP contribution in [0, 0.1) is 5.92 Å². The van der Waals surface area contributed by atoms with E-state index in [-0.39, 0.29) is 17.4 Å². The molecular formula is C15H19F3N2O. The zero-order valence-electron chi connectivity index (χ0n) is 12.2. The molecule has 1 aromatic rings. The van der Waals surface area contributed by atoms with Crippen LogP contribution in [-0.2, 0) is 11.0 Å². The van der Waals surface area contributed by atoms with E-state index in [9.17, 15) is 18.0 Å². The Labute approximate surface area is 122 Å². The molecule has 1 aliphatic heterocycles. The Bertz CT molecular complexity index is 528. The van der Waals surface area contributed by atoms with Gasteiger partial charge in [-0.25, -0.2) is 0 Å². The van der Waals surface area contributed by atoms with E-state index in [0.29, 0.717) is 6.54 Å². The van der Waals surface area contributed by atoms with E-state index in [1.165, 1.54) is 17.0 Å². The lowest BCUT2D eigenvalue weighted by Crippen LogP contribution is -2.34. The Kier molecular flexibility index (Phi) is 4.27. The van der Waals surface area contributed by atoms with Crippen molar-refractivity contribution in [1.29, 1.82) is 0 Å². The van der Waals surface area contributed by atoms with Gasteiger partial charge in [-0.05, 0) is 18.9 Å². The van der Waals surface area contributed by atoms with E-state index < -0.39 is 23.9 Å². The molecule has 2 unspecified atom stereocenters. The molecule has 3 nitrogen and oxygen atoms in total. The van der Waals surface area contributed by atoms with Gasteiger partial charge in [-0.2, -0.15) is 13.2 Å². The molecule has 0 aromatic heterocycles. The summed E-state index contributed by atoms with van der Waals surface area (Å²) in [6.07, 6.45) is -5.16. The molecule has 1 heterocycles. The lowest BCUT2D eigenvalue weighted by molar-refractivity contribution is -0.139. The van der Waals surface area contributed by atoms with E-state index in [1.54, 1.807) is 13.0 Å². The second-order valence-electron chi connectivity index (χ2n) is 5.76. The largest absolute Gasteiger partial charge is 0.416 e. The summed E-state index contributed by atoms with van der Waals surface area (Å²) in [7, 11) is 0. The van der Waals surface area contributed by atoms with Crippen LogP contribution in [0.4, 0.5) is 13.2 Å². The van der Waals surface area contributed by atoms with Gasteiger partial charge in [-0.15, -0.1) is 0 Å². The number of hydrogen-bond donors (Lipinski definition) is 1. The SMILES string of the molecule is CC(C)CN1C(=O)C(C)NC1c1ccccc1C(F)(F)F. The second kappa shape index (κ2) is 5.67. The summed E-state index contributed by atoms with van der Waals surface area (Å²) in [5.41, 5.74) is -0.596. The highest BCUT2D eigenvalue weighted by molar-refractivity contribution is 5.84. The summed E-state index contributed by atoms with van der Waals surface area (Å²) in [5, 5.41) is 2.96. The Hall–Kier alpha value is -1.56. The minimum atomic E-state index is -4.43. The summed E-state index contributed by atoms with van der Waals surface area (Å²) in [6.45, 7) is 5.96. The number of nitrogens with zero attached hydrogens (tertiary/aromatic N) is 1. The predicted molar refractivity (Wildman–Crippen MR) is 73.3 cm³/mol. The fraction of sp³-hybridized carbons (Fsp3) is 0.533. The molecule has 0 spiro atoms. The van der Waals surface area contributed by atoms with Gasteiger partial charge in [0.05, 0.1) is 11.6 Å². The van der Waals surface area contributed by atoms with Crippen LogP contribution < -0.4 is 5.32 Å². The first-order chi connectivity index (χ1) is 9.71. The van der Waals surface area contributed by atoms with Gasteiger partial charge in [0.15, 0.2) is 0 Å². The summed E-state index contributed by atoms with van der Waals surface area (Å²) in [6, 6.07) is 4.93. The molecule has 21 heavy (non-hydrogen) atoms. The van der Waals surface area contributed by atoms with Crippen LogP contribution in [0.25, 0.3) is 0 Å². The van der Waals surface area contributed by atoms with Crippen LogP contribution in [0.2, 0.25) is 0 Å². The highest BCUT2D eigenvalue weighted by Gasteiger charge is 2.42. The van der Waals surface area contributed by atoms with Gasteiger partial charge in [0.2, 0.25) is 5.91 Å². The first-order valence-corrected chi connectivity index (χ1v) is 6.94. The fourth-order valence-electron chi connectivity index (χ4n) is 2.61. The van der Waals surface area contributed by atoms with Crippen molar-refractivity contribution in [3.8, 4) is 0 Å². The molecule has 1 fully saturated rings. The smallest absolute Gasteiger partial charge is 0.321 e. The van der Waals surface area contributed by atoms with Gasteiger partial charge in [0.25, 0.3) is 0 Å². The Morgan fingerprint density at radius 1 is 1.29 bits per heavy atom. The van der Waals surface area contributed by atoms with Crippen molar-refractivity contribution in [2.45, 2.75) is 39.2 Å². The molecule has 0 saturated carbocycles. The average Bonchev–Trinajstić information content (AvgIpc) is 2.65. The van der Waals surface area contributed by atoms with E-state index in [4.69, 9.17) is 0 Å². The Morgan fingerprint density at radius 3 is 2.48 bits per heavy atom. The predicted octanol–water partition coefficient (Wildman–Crippen LogP) is 3.18. The van der Waals surface area contributed by atoms with Gasteiger partial charge in [-0.1, -0.05) is 32.0 Å². The minimum Gasteiger partial charge on any atom is -0.321 e. The highest BCUT2D eigenvalue weighted by Crippen LogP contribution is 2.37. The summed E-state index contributed by atoms with van der Waals surface area (Å²) >= 11 is 0. The van der Waals surface area contributed by atoms with Gasteiger partial charge in [-0.3, -0.25) is 10.1 Å². The molecular weight excluding hydrogens is 281 g/mol. The second-order valence-corrected chi connectivity index (χ2v) is 5.76. The summed E-state index contributed by atoms with van der Waals surface area (Å²) in [4.78, 5) is 13.7. The quantitative estimate of drug-likeness (QED) is 0.930. The van der Waals surface area contributed by atoms with Crippen molar-refractivity contribution in [3.63, 3.8) is 0 Å². The number of carbonyl (C=O) groups is 1. The zero-order chi connectivity index (χ0) is 15.8. The normalized spacial score (nSPS) is 23.2. The first-order valence-electron chi connectivity index (χ1n) is 6.94. The number of benzene rings is 1. The number of amides is 1. The van der Waals surface area contributed by atoms with Crippen molar-refractivity contribution in [2.24, 2.45) is 5.92 Å². The molecule has 0 radical (unpaired) electrons. The maximum absolute atomic E-state index is 13.2. The van der Waals surface area contributed by atoms with E-state index >= 15 is 0 Å². The van der Waals surface area contributed by atoms with Crippen LogP contribution in [0.15, 0.2) is 24.3 Å². The van der Waals surface area contributed by atoms with Crippen molar-refractivity contribution in [3.05, 3.63) is 35.4 Å². The van der Waals surface area contributed by atoms with E-state index in [2.05, 4.69) is 5.32 Å². The van der Waals surface area contributed by atoms with Gasteiger partial charge >= 0.3 is 6.18 Å². The van der Waals surface area contributed by atoms with Gasteiger partial charge < -0.3 is 4.90 Å². The molecule has 1 aliphatic rings. The Morgan fingerprint density at radius 2 is 1.90 bits per heavy atom. The molecule has 0 bridgehead atoms. The number of nitrogens with one attached hydrogen (secondary N) is 1. The molecule has 1 N–H and O–H groups in total. The lowest BCUT2D eigenvalue weighted by Gasteiger charge is -2.28. The molecule has 0 aliphatic carbocycles. The number of hydrogen-bond acceptors (Lipinski definition) is 2. The van der Waals surface area contributed by atoms with Crippen LogP contribution >= 0.6 is 0 Å². The molecule has 1 amide bonds. The minimum absolute atomic E-state index is 0.100. The van der Waals surface area contributed by atoms with E-state index in [1.807, 2.05) is 13.8 Å². The fourth-order valence-corrected chi connectivity index (χ4v) is 2.61. The lowest BCUT2D eigenvalue weighted by atomic mass is 10.0. The molecule has 1 aromatic carbocycles. The van der Waals surface area contributed by atoms with Crippen molar-refractivity contribution in [1.82, 2.24) is 10.2 Å². The van der Waals surface area contributed by atoms with Crippen LogP contribution in [-0.4, -0.2) is 23.4 Å². The third-order valence-corrected chi connectivity index (χ3v) is 3.50. The molecule has 2 atom stereocenters. The maximum Gasteiger partial charge on any atom is 0.416 e. The third-order valence-electron chi connectivity index (χ3n) is 3.50. The number of halogens is 3. The highest BCUT2D eigenvalue weighted by atomic mass is 19.4. The topological polar surface area (TPSA) is 32.3 Å². The standard InChI is InChI=1S/C15H19F3N2O/c1-9(2)8-20-13(19-10(3)14(20)21)11-6-4-5-7-12(11)15(16,17)18/h4-7,9-10,13,19H,8H2,1-3H3. The van der Waals surface area contributed by atoms with Crippen LogP contribution in [0.5, 0.6) is 0 Å². The average molecular weight is 300 g/mol. The number of rotatable bonds is 3. The number of alkyl halides is 3. The summed E-state index contributed by atoms with van der Waals surface area (Å²) < 4.78 is 39.5. The maximum atomic E-state index is 13.2. The first kappa shape index (κ1) is 15.8. The third kappa shape index (κ3) is 3.20. The molecule has 6 heteroatoms. The molecule has 116 valence electrons. The monoisotopic (exact) mass is 300 g/mol. The van der Waals surface area contributed by atoms with Crippen LogP contribution in [0.3, 0.4) is 0 Å². The van der Waals surface area contributed by atoms with Crippen LogP contribution in [0.1, 0.15) is 38.1 Å². The Balaban J connectivity index is 2.43. The molecule has 1 saturated heterocycles. The van der Waals surface area contributed by atoms with Crippen molar-refractivity contribution >= 4 is 5.91 Å². The van der Waals surface area contributed by atoms with Gasteiger partial charge in [0, 0.05) is 12.1 Å². The van der Waals surface area contributed by atoms with E-state index in [0.717, 1.165) is 6.07 Å².